The summed E-state index contributed by atoms with van der Waals surface area (Å²) in [6.45, 7) is 3.34. The molecule has 0 saturated carbocycles. The molecule has 0 aliphatic heterocycles. The van der Waals surface area contributed by atoms with Crippen LogP contribution in [0.4, 0.5) is 20.7 Å². The predicted molar refractivity (Wildman–Crippen MR) is 98.7 cm³/mol. The van der Waals surface area contributed by atoms with Crippen LogP contribution in [0.3, 0.4) is 0 Å². The zero-order valence-corrected chi connectivity index (χ0v) is 15.1. The molecule has 2 heterocycles. The highest BCUT2D eigenvalue weighted by Crippen LogP contribution is 2.34. The highest BCUT2D eigenvalue weighted by molar-refractivity contribution is 5.90. The lowest BCUT2D eigenvalue weighted by Crippen LogP contribution is -2.34. The molecule has 0 aliphatic rings. The zero-order valence-electron chi connectivity index (χ0n) is 15.1. The molecule has 1 amide bonds. The van der Waals surface area contributed by atoms with Gasteiger partial charge in [0, 0.05) is 12.6 Å². The third kappa shape index (κ3) is 3.31. The number of hydrogen-bond acceptors (Lipinski definition) is 5. The van der Waals surface area contributed by atoms with Gasteiger partial charge in [0.1, 0.15) is 5.82 Å². The second-order valence-corrected chi connectivity index (χ2v) is 6.11. The number of rotatable bonds is 4. The summed E-state index contributed by atoms with van der Waals surface area (Å²) in [5.74, 6) is -0.302. The second kappa shape index (κ2) is 7.02. The number of amides is 1. The van der Waals surface area contributed by atoms with Crippen molar-refractivity contribution in [1.29, 1.82) is 0 Å². The Hall–Kier alpha value is -3.49. The van der Waals surface area contributed by atoms with Crippen LogP contribution in [0.25, 0.3) is 11.4 Å². The third-order valence-corrected chi connectivity index (χ3v) is 4.34. The first-order valence-corrected chi connectivity index (χ1v) is 8.21. The fourth-order valence-corrected chi connectivity index (χ4v) is 2.88. The van der Waals surface area contributed by atoms with Crippen molar-refractivity contribution in [1.82, 2.24) is 20.0 Å². The van der Waals surface area contributed by atoms with Crippen molar-refractivity contribution in [2.45, 2.75) is 19.9 Å². The van der Waals surface area contributed by atoms with Crippen LogP contribution in [0.5, 0.6) is 0 Å². The van der Waals surface area contributed by atoms with Crippen molar-refractivity contribution in [3.8, 4) is 11.4 Å². The lowest BCUT2D eigenvalue weighted by Gasteiger charge is -2.27. The number of nitrogens with zero attached hydrogens (tertiary/aromatic N) is 5. The van der Waals surface area contributed by atoms with E-state index in [1.807, 2.05) is 0 Å². The van der Waals surface area contributed by atoms with Gasteiger partial charge in [-0.1, -0.05) is 23.4 Å². The van der Waals surface area contributed by atoms with Crippen molar-refractivity contribution in [2.24, 2.45) is 7.05 Å². The summed E-state index contributed by atoms with van der Waals surface area (Å²) in [6.07, 6.45) is -1.26. The molecule has 2 aromatic heterocycles. The van der Waals surface area contributed by atoms with Gasteiger partial charge in [-0.3, -0.25) is 4.90 Å². The van der Waals surface area contributed by atoms with Crippen molar-refractivity contribution >= 4 is 17.6 Å². The molecule has 1 aromatic carbocycles. The minimum atomic E-state index is -1.26. The van der Waals surface area contributed by atoms with Gasteiger partial charge in [0.2, 0.25) is 0 Å². The van der Waals surface area contributed by atoms with Gasteiger partial charge in [-0.15, -0.1) is 5.10 Å². The summed E-state index contributed by atoms with van der Waals surface area (Å²) in [6, 6.07) is 8.54. The maximum Gasteiger partial charge on any atom is 0.413 e. The number of hydrogen-bond donors (Lipinski definition) is 2. The molecule has 1 unspecified atom stereocenters. The lowest BCUT2D eigenvalue weighted by molar-refractivity contribution is 0.199. The van der Waals surface area contributed by atoms with Crippen molar-refractivity contribution in [3.05, 3.63) is 53.5 Å². The number of nitrogen functional groups attached to an aromatic ring is 1. The van der Waals surface area contributed by atoms with Crippen molar-refractivity contribution < 1.29 is 14.3 Å². The first-order valence-electron chi connectivity index (χ1n) is 8.21. The van der Waals surface area contributed by atoms with Crippen LogP contribution in [-0.4, -0.2) is 31.2 Å². The van der Waals surface area contributed by atoms with Crippen molar-refractivity contribution in [3.63, 3.8) is 0 Å². The quantitative estimate of drug-likeness (QED) is 0.730. The van der Waals surface area contributed by atoms with Gasteiger partial charge in [-0.25, -0.2) is 18.9 Å². The average molecular weight is 370 g/mol. The van der Waals surface area contributed by atoms with Crippen LogP contribution >= 0.6 is 0 Å². The summed E-state index contributed by atoms with van der Waals surface area (Å²) in [5, 5.41) is 17.9. The maximum atomic E-state index is 14.2. The summed E-state index contributed by atoms with van der Waals surface area (Å²) in [5.41, 5.74) is 7.85. The fourth-order valence-electron chi connectivity index (χ4n) is 2.88. The van der Waals surface area contributed by atoms with E-state index in [9.17, 15) is 14.3 Å². The number of anilines is 2. The second-order valence-electron chi connectivity index (χ2n) is 6.11. The van der Waals surface area contributed by atoms with Gasteiger partial charge in [0.15, 0.2) is 11.5 Å². The molecule has 1 atom stereocenters. The third-order valence-electron chi connectivity index (χ3n) is 4.34. The van der Waals surface area contributed by atoms with E-state index < -0.39 is 18.0 Å². The highest BCUT2D eigenvalue weighted by Gasteiger charge is 2.31. The zero-order chi connectivity index (χ0) is 19.7. The van der Waals surface area contributed by atoms with E-state index in [2.05, 4.69) is 15.3 Å². The summed E-state index contributed by atoms with van der Waals surface area (Å²) in [4.78, 5) is 17.5. The molecule has 9 heteroatoms. The van der Waals surface area contributed by atoms with Crippen LogP contribution in [0.1, 0.15) is 24.2 Å². The summed E-state index contributed by atoms with van der Waals surface area (Å²) < 4.78 is 15.6. The van der Waals surface area contributed by atoms with Crippen LogP contribution in [-0.2, 0) is 7.05 Å². The first-order chi connectivity index (χ1) is 12.8. The molecule has 3 rings (SSSR count). The topological polar surface area (TPSA) is 110 Å². The van der Waals surface area contributed by atoms with E-state index in [1.54, 1.807) is 51.2 Å². The summed E-state index contributed by atoms with van der Waals surface area (Å²) >= 11 is 0. The van der Waals surface area contributed by atoms with E-state index >= 15 is 0 Å². The molecular weight excluding hydrogens is 351 g/mol. The largest absolute Gasteiger partial charge is 0.465 e. The summed E-state index contributed by atoms with van der Waals surface area (Å²) in [7, 11) is 1.57. The number of halogens is 1. The first kappa shape index (κ1) is 18.3. The Balaban J connectivity index is 2.15. The fraction of sp³-hybridized carbons (Fsp3) is 0.222. The Morgan fingerprint density at radius 2 is 2.00 bits per heavy atom. The molecule has 0 aliphatic carbocycles. The lowest BCUT2D eigenvalue weighted by atomic mass is 10.1. The molecule has 3 N–H and O–H groups in total. The minimum Gasteiger partial charge on any atom is -0.465 e. The van der Waals surface area contributed by atoms with Crippen LogP contribution in [0.15, 0.2) is 36.4 Å². The molecule has 27 heavy (non-hydrogen) atoms. The number of aromatic nitrogens is 4. The number of carboxylic acid groups (broad SMARTS) is 1. The molecule has 140 valence electrons. The molecular formula is C18H19FN6O2. The molecule has 0 spiro atoms. The molecule has 3 aromatic rings. The van der Waals surface area contributed by atoms with Crippen LogP contribution in [0.2, 0.25) is 0 Å². The van der Waals surface area contributed by atoms with E-state index in [4.69, 9.17) is 5.73 Å². The Morgan fingerprint density at radius 3 is 2.63 bits per heavy atom. The number of carbonyl (C=O) groups is 1. The van der Waals surface area contributed by atoms with Gasteiger partial charge in [-0.05, 0) is 32.0 Å². The molecule has 0 bridgehead atoms. The average Bonchev–Trinajstić information content (AvgIpc) is 2.99. The normalized spacial score (nSPS) is 12.0. The number of benzene rings is 1. The van der Waals surface area contributed by atoms with Crippen LogP contribution < -0.4 is 10.6 Å². The van der Waals surface area contributed by atoms with E-state index in [1.165, 1.54) is 10.7 Å². The van der Waals surface area contributed by atoms with Gasteiger partial charge in [0.05, 0.1) is 23.1 Å². The van der Waals surface area contributed by atoms with E-state index in [0.29, 0.717) is 17.1 Å². The smallest absolute Gasteiger partial charge is 0.413 e. The Kier molecular flexibility index (Phi) is 4.76. The standard InChI is InChI=1S/C18H19FN6O2/c1-10-14(20)8-9-15(21-10)16-17(24(3)23-22-16)25(18(26)27)11(2)12-6-4-5-7-13(12)19/h4-9,11H,20H2,1-3H3,(H,26,27). The SMILES string of the molecule is Cc1nc(-c2nnn(C)c2N(C(=O)O)C(C)c2ccccc2F)ccc1N. The van der Waals surface area contributed by atoms with Crippen LogP contribution in [0, 0.1) is 12.7 Å². The van der Waals surface area contributed by atoms with Crippen molar-refractivity contribution in [2.75, 3.05) is 10.6 Å². The number of nitrogens with two attached hydrogens (primary N) is 1. The minimum absolute atomic E-state index is 0.190. The number of pyridine rings is 1. The van der Waals surface area contributed by atoms with Gasteiger partial charge < -0.3 is 10.8 Å². The van der Waals surface area contributed by atoms with Gasteiger partial charge >= 0.3 is 6.09 Å². The van der Waals surface area contributed by atoms with E-state index in [-0.39, 0.29) is 17.1 Å². The van der Waals surface area contributed by atoms with Gasteiger partial charge in [0.25, 0.3) is 0 Å². The molecule has 0 saturated heterocycles. The molecule has 0 fully saturated rings. The highest BCUT2D eigenvalue weighted by atomic mass is 19.1. The number of aryl methyl sites for hydroxylation is 2. The monoisotopic (exact) mass is 370 g/mol. The van der Waals surface area contributed by atoms with Gasteiger partial charge in [-0.2, -0.15) is 0 Å². The Morgan fingerprint density at radius 1 is 1.30 bits per heavy atom. The van der Waals surface area contributed by atoms with E-state index in [0.717, 1.165) is 4.90 Å². The Labute approximate surface area is 155 Å². The molecule has 0 radical (unpaired) electrons. The predicted octanol–water partition coefficient (Wildman–Crippen LogP) is 3.15. The Bertz CT molecular complexity index is 1000. The molecule has 8 nitrogen and oxygen atoms in total. The maximum absolute atomic E-state index is 14.2.